The van der Waals surface area contributed by atoms with Crippen molar-refractivity contribution in [1.82, 2.24) is 4.57 Å². The first kappa shape index (κ1) is 23.1. The van der Waals surface area contributed by atoms with Crippen LogP contribution in [-0.4, -0.2) is 16.6 Å². The van der Waals surface area contributed by atoms with Gasteiger partial charge in [0, 0.05) is 11.1 Å². The molecule has 1 aliphatic heterocycles. The van der Waals surface area contributed by atoms with Crippen LogP contribution in [0, 0.1) is 23.0 Å². The Balaban J connectivity index is 2.13. The first-order valence-electron chi connectivity index (χ1n) is 10.3. The second kappa shape index (κ2) is 9.08. The highest BCUT2D eigenvalue weighted by atomic mass is 32.1. The van der Waals surface area contributed by atoms with Gasteiger partial charge in [0.15, 0.2) is 0 Å². The molecule has 0 bridgehead atoms. The molecule has 172 valence electrons. The van der Waals surface area contributed by atoms with Gasteiger partial charge in [0.05, 0.1) is 33.8 Å². The molecule has 0 saturated heterocycles. The van der Waals surface area contributed by atoms with Crippen molar-refractivity contribution in [2.24, 2.45) is 5.73 Å². The Hall–Kier alpha value is -4.03. The standard InChI is InChI=1S/C25H19F2N3O3S/c1-13(2)33-25(32)21-20(15-8-4-6-10-18(15)27)16(12-28)22(29)30-23(31)19(34-24(21)30)11-14-7-3-5-9-17(14)26/h3-11,13,20H,29H2,1-2H3. The average Bonchev–Trinajstić information content (AvgIpc) is 3.11. The molecule has 4 rings (SSSR count). The van der Waals surface area contributed by atoms with Crippen molar-refractivity contribution in [1.29, 1.82) is 5.26 Å². The van der Waals surface area contributed by atoms with Gasteiger partial charge in [-0.2, -0.15) is 5.26 Å². The summed E-state index contributed by atoms with van der Waals surface area (Å²) < 4.78 is 35.7. The van der Waals surface area contributed by atoms with E-state index in [2.05, 4.69) is 0 Å². The molecule has 1 aromatic heterocycles. The Bertz CT molecular complexity index is 1560. The van der Waals surface area contributed by atoms with Crippen LogP contribution in [0.1, 0.15) is 30.9 Å². The number of nitriles is 1. The Morgan fingerprint density at radius 2 is 1.82 bits per heavy atom. The molecular weight excluding hydrogens is 460 g/mol. The molecule has 0 fully saturated rings. The third-order valence-electron chi connectivity index (χ3n) is 5.24. The van der Waals surface area contributed by atoms with Crippen LogP contribution in [0.25, 0.3) is 17.5 Å². The molecular formula is C25H19F2N3O3S. The summed E-state index contributed by atoms with van der Waals surface area (Å²) in [4.78, 5) is 26.5. The number of rotatable bonds is 4. The lowest BCUT2D eigenvalue weighted by atomic mass is 9.83. The van der Waals surface area contributed by atoms with E-state index in [1.165, 1.54) is 42.5 Å². The number of halogens is 2. The lowest BCUT2D eigenvalue weighted by Crippen LogP contribution is -2.40. The average molecular weight is 480 g/mol. The molecule has 9 heteroatoms. The number of aromatic nitrogens is 1. The molecule has 1 unspecified atom stereocenters. The molecule has 3 aromatic rings. The maximum Gasteiger partial charge on any atom is 0.338 e. The van der Waals surface area contributed by atoms with E-state index in [1.54, 1.807) is 26.0 Å². The monoisotopic (exact) mass is 479 g/mol. The normalized spacial score (nSPS) is 15.9. The number of thiazole rings is 1. The Kier molecular flexibility index (Phi) is 6.18. The lowest BCUT2D eigenvalue weighted by molar-refractivity contribution is -0.140. The zero-order valence-electron chi connectivity index (χ0n) is 18.2. The topological polar surface area (TPSA) is 98.1 Å². The molecule has 2 heterocycles. The van der Waals surface area contributed by atoms with Crippen LogP contribution in [0.5, 0.6) is 0 Å². The van der Waals surface area contributed by atoms with Gasteiger partial charge in [0.2, 0.25) is 0 Å². The number of benzene rings is 2. The van der Waals surface area contributed by atoms with Gasteiger partial charge in [-0.25, -0.2) is 13.6 Å². The Morgan fingerprint density at radius 3 is 2.44 bits per heavy atom. The van der Waals surface area contributed by atoms with Crippen molar-refractivity contribution in [3.8, 4) is 6.07 Å². The highest BCUT2D eigenvalue weighted by molar-refractivity contribution is 7.07. The number of allylic oxidation sites excluding steroid dienone is 1. The van der Waals surface area contributed by atoms with E-state index in [0.717, 1.165) is 15.9 Å². The molecule has 6 nitrogen and oxygen atoms in total. The van der Waals surface area contributed by atoms with Gasteiger partial charge in [0.25, 0.3) is 5.56 Å². The summed E-state index contributed by atoms with van der Waals surface area (Å²) >= 11 is 0.894. The summed E-state index contributed by atoms with van der Waals surface area (Å²) in [7, 11) is 0. The molecule has 1 aliphatic rings. The number of hydrogen-bond donors (Lipinski definition) is 1. The molecule has 0 spiro atoms. The van der Waals surface area contributed by atoms with Crippen molar-refractivity contribution in [3.63, 3.8) is 0 Å². The van der Waals surface area contributed by atoms with Crippen molar-refractivity contribution in [3.05, 3.63) is 96.4 Å². The van der Waals surface area contributed by atoms with Gasteiger partial charge in [0.1, 0.15) is 22.1 Å². The van der Waals surface area contributed by atoms with E-state index in [1.807, 2.05) is 6.07 Å². The third-order valence-corrected chi connectivity index (χ3v) is 6.35. The van der Waals surface area contributed by atoms with Gasteiger partial charge in [-0.1, -0.05) is 36.4 Å². The van der Waals surface area contributed by atoms with E-state index in [4.69, 9.17) is 10.5 Å². The smallest absolute Gasteiger partial charge is 0.338 e. The van der Waals surface area contributed by atoms with Crippen LogP contribution in [-0.2, 0) is 9.53 Å². The molecule has 2 N–H and O–H groups in total. The van der Waals surface area contributed by atoms with E-state index >= 15 is 0 Å². The van der Waals surface area contributed by atoms with Crippen molar-refractivity contribution >= 4 is 34.8 Å². The molecule has 0 amide bonds. The summed E-state index contributed by atoms with van der Waals surface area (Å²) in [6.07, 6.45) is 0.830. The second-order valence-electron chi connectivity index (χ2n) is 7.81. The number of carbonyl (C=O) groups excluding carboxylic acids is 1. The summed E-state index contributed by atoms with van der Waals surface area (Å²) in [5.74, 6) is -3.39. The van der Waals surface area contributed by atoms with Gasteiger partial charge < -0.3 is 10.5 Å². The maximum atomic E-state index is 14.9. The van der Waals surface area contributed by atoms with E-state index in [9.17, 15) is 23.6 Å². The van der Waals surface area contributed by atoms with Gasteiger partial charge in [-0.3, -0.25) is 9.36 Å². The largest absolute Gasteiger partial charge is 0.460 e. The van der Waals surface area contributed by atoms with Gasteiger partial charge >= 0.3 is 5.97 Å². The number of hydrogen-bond acceptors (Lipinski definition) is 6. The van der Waals surface area contributed by atoms with Crippen LogP contribution in [0.15, 0.2) is 58.9 Å². The molecule has 2 aromatic carbocycles. The number of esters is 1. The summed E-state index contributed by atoms with van der Waals surface area (Å²) in [6.45, 7) is 3.29. The number of ether oxygens (including phenoxy) is 1. The van der Waals surface area contributed by atoms with E-state index in [0.29, 0.717) is 0 Å². The van der Waals surface area contributed by atoms with Crippen molar-refractivity contribution in [2.45, 2.75) is 25.9 Å². The van der Waals surface area contributed by atoms with E-state index < -0.39 is 35.2 Å². The number of fused-ring (bicyclic) bond motifs is 1. The minimum atomic E-state index is -1.18. The quantitative estimate of drug-likeness (QED) is 0.580. The number of nitrogens with zero attached hydrogens (tertiary/aromatic N) is 2. The van der Waals surface area contributed by atoms with Crippen molar-refractivity contribution in [2.75, 3.05) is 0 Å². The maximum absolute atomic E-state index is 14.9. The fourth-order valence-corrected chi connectivity index (χ4v) is 4.93. The van der Waals surface area contributed by atoms with Crippen LogP contribution >= 0.6 is 11.3 Å². The number of nitrogens with two attached hydrogens (primary N) is 1. The van der Waals surface area contributed by atoms with Crippen LogP contribution in [0.3, 0.4) is 0 Å². The highest BCUT2D eigenvalue weighted by Gasteiger charge is 2.37. The Labute approximate surface area is 197 Å². The predicted molar refractivity (Wildman–Crippen MR) is 125 cm³/mol. The SMILES string of the molecule is CC(C)OC(=O)C1=c2sc(=Cc3ccccc3F)c(=O)n2C(N)=C(C#N)C1c1ccccc1F. The molecule has 34 heavy (non-hydrogen) atoms. The highest BCUT2D eigenvalue weighted by Crippen LogP contribution is 2.37. The second-order valence-corrected chi connectivity index (χ2v) is 8.84. The summed E-state index contributed by atoms with van der Waals surface area (Å²) in [5, 5.41) is 9.92. The predicted octanol–water partition coefficient (Wildman–Crippen LogP) is 2.57. The molecule has 0 aliphatic carbocycles. The van der Waals surface area contributed by atoms with Crippen LogP contribution < -0.4 is 20.5 Å². The van der Waals surface area contributed by atoms with Gasteiger partial charge in [-0.05, 0) is 32.1 Å². The fourth-order valence-electron chi connectivity index (χ4n) is 3.78. The Morgan fingerprint density at radius 1 is 1.18 bits per heavy atom. The molecule has 0 saturated carbocycles. The van der Waals surface area contributed by atoms with E-state index in [-0.39, 0.29) is 37.3 Å². The minimum Gasteiger partial charge on any atom is -0.460 e. The zero-order chi connectivity index (χ0) is 24.6. The first-order chi connectivity index (χ1) is 16.2. The summed E-state index contributed by atoms with van der Waals surface area (Å²) in [6, 6.07) is 13.5. The molecule has 0 radical (unpaired) electrons. The lowest BCUT2D eigenvalue weighted by Gasteiger charge is -2.25. The van der Waals surface area contributed by atoms with Crippen LogP contribution in [0.4, 0.5) is 8.78 Å². The van der Waals surface area contributed by atoms with Crippen molar-refractivity contribution < 1.29 is 18.3 Å². The molecule has 1 atom stereocenters. The van der Waals surface area contributed by atoms with Gasteiger partial charge in [-0.15, -0.1) is 11.3 Å². The fraction of sp³-hybridized carbons (Fsp3) is 0.160. The summed E-state index contributed by atoms with van der Waals surface area (Å²) in [5.41, 5.74) is 5.57. The first-order valence-corrected chi connectivity index (χ1v) is 11.1. The number of carbonyl (C=O) groups is 1. The zero-order valence-corrected chi connectivity index (χ0v) is 19.0. The third kappa shape index (κ3) is 3.93. The minimum absolute atomic E-state index is 0.0458. The van der Waals surface area contributed by atoms with Crippen LogP contribution in [0.2, 0.25) is 0 Å².